The number of hydrogen-bond donors (Lipinski definition) is 2. The van der Waals surface area contributed by atoms with E-state index in [2.05, 4.69) is 29.6 Å². The van der Waals surface area contributed by atoms with Crippen LogP contribution in [0, 0.1) is 0 Å². The Hall–Kier alpha value is -2.33. The average Bonchev–Trinajstić information content (AvgIpc) is 2.62. The van der Waals surface area contributed by atoms with Gasteiger partial charge in [-0.25, -0.2) is 4.79 Å². The number of benzene rings is 2. The second-order valence-corrected chi connectivity index (χ2v) is 5.77. The third-order valence-corrected chi connectivity index (χ3v) is 3.75. The van der Waals surface area contributed by atoms with Gasteiger partial charge in [-0.1, -0.05) is 54.6 Å². The Balaban J connectivity index is 1.69. The lowest BCUT2D eigenvalue weighted by molar-refractivity contribution is 0.139. The van der Waals surface area contributed by atoms with Crippen LogP contribution in [0.3, 0.4) is 0 Å². The number of hydrogen-bond acceptors (Lipinski definition) is 3. The van der Waals surface area contributed by atoms with E-state index in [4.69, 9.17) is 9.84 Å². The number of aliphatic hydroxyl groups excluding tert-OH is 1. The van der Waals surface area contributed by atoms with Crippen molar-refractivity contribution in [2.75, 3.05) is 13.2 Å². The molecule has 0 aliphatic carbocycles. The summed E-state index contributed by atoms with van der Waals surface area (Å²) in [6.45, 7) is 1.05. The van der Waals surface area contributed by atoms with E-state index in [-0.39, 0.29) is 13.2 Å². The molecular formula is C20H25NO3. The molecule has 2 rings (SSSR count). The predicted molar refractivity (Wildman–Crippen MR) is 94.8 cm³/mol. The van der Waals surface area contributed by atoms with Gasteiger partial charge in [0, 0.05) is 13.2 Å². The summed E-state index contributed by atoms with van der Waals surface area (Å²) in [6, 6.07) is 18.4. The molecule has 0 fully saturated rings. The van der Waals surface area contributed by atoms with Crippen LogP contribution in [0.1, 0.15) is 36.0 Å². The number of aliphatic hydroxyl groups is 1. The Morgan fingerprint density at radius 2 is 1.54 bits per heavy atom. The van der Waals surface area contributed by atoms with Crippen LogP contribution in [0.25, 0.3) is 0 Å². The lowest BCUT2D eigenvalue weighted by Crippen LogP contribution is -2.25. The van der Waals surface area contributed by atoms with Crippen LogP contribution in [0.4, 0.5) is 4.79 Å². The van der Waals surface area contributed by atoms with E-state index < -0.39 is 6.09 Å². The Kier molecular flexibility index (Phi) is 7.84. The summed E-state index contributed by atoms with van der Waals surface area (Å²) in [6.07, 6.45) is 3.03. The van der Waals surface area contributed by atoms with Gasteiger partial charge < -0.3 is 15.2 Å². The standard InChI is InChI=1S/C20H25NO3/c22-14-6-2-5-13-21-20(23)24-16-19-11-9-18(10-12-19)15-17-7-3-1-4-8-17/h1,3-4,7-12,22H,2,5-6,13-16H2,(H,21,23). The summed E-state index contributed by atoms with van der Waals surface area (Å²) in [5.74, 6) is 0. The normalized spacial score (nSPS) is 10.4. The molecule has 2 aromatic carbocycles. The van der Waals surface area contributed by atoms with E-state index in [0.717, 1.165) is 31.2 Å². The number of rotatable bonds is 9. The molecular weight excluding hydrogens is 302 g/mol. The molecule has 0 atom stereocenters. The van der Waals surface area contributed by atoms with Crippen LogP contribution in [-0.2, 0) is 17.8 Å². The third-order valence-electron chi connectivity index (χ3n) is 3.75. The summed E-state index contributed by atoms with van der Waals surface area (Å²) in [5, 5.41) is 11.4. The van der Waals surface area contributed by atoms with Crippen molar-refractivity contribution < 1.29 is 14.6 Å². The summed E-state index contributed by atoms with van der Waals surface area (Å²) in [5.41, 5.74) is 3.49. The number of unbranched alkanes of at least 4 members (excludes halogenated alkanes) is 2. The van der Waals surface area contributed by atoms with Gasteiger partial charge in [0.05, 0.1) is 0 Å². The molecule has 0 unspecified atom stereocenters. The topological polar surface area (TPSA) is 58.6 Å². The molecule has 0 bridgehead atoms. The maximum Gasteiger partial charge on any atom is 0.407 e. The van der Waals surface area contributed by atoms with E-state index in [9.17, 15) is 4.79 Å². The minimum Gasteiger partial charge on any atom is -0.445 e. The van der Waals surface area contributed by atoms with Crippen LogP contribution in [0.15, 0.2) is 54.6 Å². The Morgan fingerprint density at radius 3 is 2.25 bits per heavy atom. The second-order valence-electron chi connectivity index (χ2n) is 5.77. The van der Waals surface area contributed by atoms with Crippen LogP contribution in [-0.4, -0.2) is 24.4 Å². The maximum absolute atomic E-state index is 11.6. The van der Waals surface area contributed by atoms with Gasteiger partial charge in [-0.15, -0.1) is 0 Å². The first-order valence-electron chi connectivity index (χ1n) is 8.41. The Labute approximate surface area is 143 Å². The number of carbonyl (C=O) groups is 1. The molecule has 128 valence electrons. The van der Waals surface area contributed by atoms with Gasteiger partial charge >= 0.3 is 6.09 Å². The van der Waals surface area contributed by atoms with Crippen LogP contribution < -0.4 is 5.32 Å². The van der Waals surface area contributed by atoms with E-state index in [0.29, 0.717) is 6.54 Å². The van der Waals surface area contributed by atoms with Crippen molar-refractivity contribution in [1.29, 1.82) is 0 Å². The molecule has 24 heavy (non-hydrogen) atoms. The molecule has 2 aromatic rings. The first-order valence-corrected chi connectivity index (χ1v) is 8.41. The van der Waals surface area contributed by atoms with E-state index in [1.54, 1.807) is 0 Å². The zero-order chi connectivity index (χ0) is 17.0. The molecule has 2 N–H and O–H groups in total. The minimum absolute atomic E-state index is 0.199. The summed E-state index contributed by atoms with van der Waals surface area (Å²) in [4.78, 5) is 11.6. The van der Waals surface area contributed by atoms with Gasteiger partial charge in [0.15, 0.2) is 0 Å². The minimum atomic E-state index is -0.396. The average molecular weight is 327 g/mol. The highest BCUT2D eigenvalue weighted by Crippen LogP contribution is 2.11. The highest BCUT2D eigenvalue weighted by Gasteiger charge is 2.02. The number of carbonyl (C=O) groups excluding carboxylic acids is 1. The molecule has 0 saturated heterocycles. The van der Waals surface area contributed by atoms with Gasteiger partial charge in [0.1, 0.15) is 6.61 Å². The summed E-state index contributed by atoms with van der Waals surface area (Å²) < 4.78 is 5.19. The zero-order valence-electron chi connectivity index (χ0n) is 13.9. The number of ether oxygens (including phenoxy) is 1. The molecule has 0 spiro atoms. The van der Waals surface area contributed by atoms with Crippen molar-refractivity contribution in [2.24, 2.45) is 0 Å². The number of amides is 1. The highest BCUT2D eigenvalue weighted by atomic mass is 16.5. The lowest BCUT2D eigenvalue weighted by Gasteiger charge is -2.08. The summed E-state index contributed by atoms with van der Waals surface area (Å²) in [7, 11) is 0. The Morgan fingerprint density at radius 1 is 0.875 bits per heavy atom. The molecule has 4 nitrogen and oxygen atoms in total. The predicted octanol–water partition coefficient (Wildman–Crippen LogP) is 3.67. The molecule has 0 aliphatic heterocycles. The first kappa shape index (κ1) is 18.0. The molecule has 0 saturated carbocycles. The number of alkyl carbamates (subject to hydrolysis) is 1. The smallest absolute Gasteiger partial charge is 0.407 e. The van der Waals surface area contributed by atoms with Crippen molar-refractivity contribution in [3.63, 3.8) is 0 Å². The fourth-order valence-electron chi connectivity index (χ4n) is 2.39. The molecule has 4 heteroatoms. The Bertz CT molecular complexity index is 596. The van der Waals surface area contributed by atoms with Gasteiger partial charge in [-0.05, 0) is 42.4 Å². The van der Waals surface area contributed by atoms with Crippen LogP contribution in [0.5, 0.6) is 0 Å². The molecule has 1 amide bonds. The maximum atomic E-state index is 11.6. The molecule has 0 aromatic heterocycles. The van der Waals surface area contributed by atoms with Crippen molar-refractivity contribution in [3.8, 4) is 0 Å². The fourth-order valence-corrected chi connectivity index (χ4v) is 2.39. The van der Waals surface area contributed by atoms with E-state index in [1.807, 2.05) is 30.3 Å². The molecule has 0 radical (unpaired) electrons. The van der Waals surface area contributed by atoms with Crippen molar-refractivity contribution in [2.45, 2.75) is 32.3 Å². The van der Waals surface area contributed by atoms with Crippen molar-refractivity contribution >= 4 is 6.09 Å². The van der Waals surface area contributed by atoms with E-state index >= 15 is 0 Å². The van der Waals surface area contributed by atoms with Gasteiger partial charge in [-0.3, -0.25) is 0 Å². The van der Waals surface area contributed by atoms with E-state index in [1.165, 1.54) is 11.1 Å². The molecule has 0 heterocycles. The van der Waals surface area contributed by atoms with Gasteiger partial charge in [0.25, 0.3) is 0 Å². The van der Waals surface area contributed by atoms with Crippen molar-refractivity contribution in [1.82, 2.24) is 5.32 Å². The zero-order valence-corrected chi connectivity index (χ0v) is 13.9. The van der Waals surface area contributed by atoms with Crippen LogP contribution in [0.2, 0.25) is 0 Å². The van der Waals surface area contributed by atoms with Crippen LogP contribution >= 0.6 is 0 Å². The number of nitrogens with one attached hydrogen (secondary N) is 1. The lowest BCUT2D eigenvalue weighted by atomic mass is 10.0. The third kappa shape index (κ3) is 6.84. The largest absolute Gasteiger partial charge is 0.445 e. The molecule has 0 aliphatic rings. The quantitative estimate of drug-likeness (QED) is 0.691. The van der Waals surface area contributed by atoms with Gasteiger partial charge in [0.2, 0.25) is 0 Å². The fraction of sp³-hybridized carbons (Fsp3) is 0.350. The summed E-state index contributed by atoms with van der Waals surface area (Å²) >= 11 is 0. The first-order chi connectivity index (χ1) is 11.8. The second kappa shape index (κ2) is 10.4. The van der Waals surface area contributed by atoms with Gasteiger partial charge in [-0.2, -0.15) is 0 Å². The SMILES string of the molecule is O=C(NCCCCCO)OCc1ccc(Cc2ccccc2)cc1. The van der Waals surface area contributed by atoms with Crippen molar-refractivity contribution in [3.05, 3.63) is 71.3 Å². The highest BCUT2D eigenvalue weighted by molar-refractivity contribution is 5.67. The monoisotopic (exact) mass is 327 g/mol.